The first kappa shape index (κ1) is 12.6. The molecule has 0 amide bonds. The van der Waals surface area contributed by atoms with Gasteiger partial charge in [-0.25, -0.2) is 4.79 Å². The summed E-state index contributed by atoms with van der Waals surface area (Å²) in [6.07, 6.45) is 0. The normalized spacial score (nSPS) is 9.18. The Labute approximate surface area is 98.9 Å². The summed E-state index contributed by atoms with van der Waals surface area (Å²) in [6, 6.07) is 7.00. The van der Waals surface area contributed by atoms with Crippen LogP contribution in [0.4, 0.5) is 5.69 Å². The summed E-state index contributed by atoms with van der Waals surface area (Å²) in [5, 5.41) is 20.4. The Balaban J connectivity index is 2.93. The molecule has 0 heterocycles. The third-order valence-corrected chi connectivity index (χ3v) is 2.15. The number of ether oxygens (including phenoxy) is 1. The molecule has 0 radical (unpaired) electrons. The van der Waals surface area contributed by atoms with Crippen LogP contribution in [0.2, 0.25) is 0 Å². The molecule has 0 aliphatic rings. The monoisotopic (exact) mass is 232 g/mol. The fourth-order valence-electron chi connectivity index (χ4n) is 1.25. The molecule has 88 valence electrons. The van der Waals surface area contributed by atoms with Crippen molar-refractivity contribution in [2.24, 2.45) is 0 Å². The number of hydrogen-bond donors (Lipinski definition) is 2. The van der Waals surface area contributed by atoms with Gasteiger partial charge >= 0.3 is 5.97 Å². The second kappa shape index (κ2) is 5.56. The molecule has 0 aromatic heterocycles. The number of hydrogen-bond acceptors (Lipinski definition) is 4. The van der Waals surface area contributed by atoms with E-state index in [1.165, 1.54) is 7.11 Å². The largest absolute Gasteiger partial charge is 0.495 e. The van der Waals surface area contributed by atoms with E-state index in [-0.39, 0.29) is 12.1 Å². The van der Waals surface area contributed by atoms with Gasteiger partial charge < -0.3 is 15.2 Å². The summed E-state index contributed by atoms with van der Waals surface area (Å²) < 4.78 is 5.09. The van der Waals surface area contributed by atoms with Crippen molar-refractivity contribution in [2.75, 3.05) is 19.0 Å². The van der Waals surface area contributed by atoms with Crippen molar-refractivity contribution in [1.29, 1.82) is 5.26 Å². The van der Waals surface area contributed by atoms with E-state index < -0.39 is 5.97 Å². The molecule has 0 saturated carbocycles. The van der Waals surface area contributed by atoms with Gasteiger partial charge in [-0.2, -0.15) is 5.26 Å². The van der Waals surface area contributed by atoms with Crippen LogP contribution in [-0.2, 0) is 4.79 Å². The van der Waals surface area contributed by atoms with Crippen LogP contribution in [0.1, 0.15) is 5.56 Å². The average molecular weight is 232 g/mol. The van der Waals surface area contributed by atoms with Gasteiger partial charge in [0.1, 0.15) is 11.8 Å². The minimum Gasteiger partial charge on any atom is -0.495 e. The highest BCUT2D eigenvalue weighted by atomic mass is 16.5. The number of nitrogens with one attached hydrogen (secondary N) is 1. The number of carboxylic acid groups (broad SMARTS) is 1. The van der Waals surface area contributed by atoms with Crippen LogP contribution in [0.3, 0.4) is 0 Å². The van der Waals surface area contributed by atoms with Crippen LogP contribution in [-0.4, -0.2) is 24.7 Å². The Bertz CT molecular complexity index is 489. The van der Waals surface area contributed by atoms with Crippen molar-refractivity contribution >= 4 is 11.7 Å². The number of benzene rings is 1. The third kappa shape index (κ3) is 2.98. The lowest BCUT2D eigenvalue weighted by Gasteiger charge is -2.12. The molecule has 5 nitrogen and oxygen atoms in total. The van der Waals surface area contributed by atoms with E-state index in [0.29, 0.717) is 17.0 Å². The highest BCUT2D eigenvalue weighted by Gasteiger charge is 2.10. The molecule has 0 aliphatic carbocycles. The number of nitriles is 1. The fourth-order valence-corrected chi connectivity index (χ4v) is 1.25. The van der Waals surface area contributed by atoms with Crippen molar-refractivity contribution in [2.45, 2.75) is 0 Å². The number of methoxy groups -OCH3 is 1. The predicted octanol–water partition coefficient (Wildman–Crippen LogP) is 1.62. The average Bonchev–Trinajstić information content (AvgIpc) is 2.34. The maximum absolute atomic E-state index is 10.6. The first-order chi connectivity index (χ1) is 8.10. The van der Waals surface area contributed by atoms with Crippen LogP contribution < -0.4 is 10.1 Å². The van der Waals surface area contributed by atoms with Crippen molar-refractivity contribution in [1.82, 2.24) is 0 Å². The van der Waals surface area contributed by atoms with Crippen LogP contribution in [0.25, 0.3) is 0 Å². The Kier molecular flexibility index (Phi) is 4.12. The highest BCUT2D eigenvalue weighted by Crippen LogP contribution is 2.27. The summed E-state index contributed by atoms with van der Waals surface area (Å²) in [4.78, 5) is 10.6. The van der Waals surface area contributed by atoms with Crippen molar-refractivity contribution in [3.8, 4) is 11.8 Å². The van der Waals surface area contributed by atoms with E-state index in [9.17, 15) is 4.79 Å². The molecular formula is C12H12N2O3. The van der Waals surface area contributed by atoms with E-state index in [2.05, 4.69) is 11.9 Å². The highest BCUT2D eigenvalue weighted by molar-refractivity contribution is 5.87. The van der Waals surface area contributed by atoms with E-state index >= 15 is 0 Å². The van der Waals surface area contributed by atoms with Crippen LogP contribution in [0.15, 0.2) is 30.4 Å². The molecule has 1 aromatic rings. The molecule has 0 saturated heterocycles. The number of anilines is 1. The zero-order chi connectivity index (χ0) is 12.8. The zero-order valence-electron chi connectivity index (χ0n) is 9.36. The van der Waals surface area contributed by atoms with Gasteiger partial charge in [0.2, 0.25) is 0 Å². The summed E-state index contributed by atoms with van der Waals surface area (Å²) >= 11 is 0. The minimum atomic E-state index is -1.08. The second-order valence-corrected chi connectivity index (χ2v) is 3.26. The quantitative estimate of drug-likeness (QED) is 0.754. The number of aliphatic carboxylic acids is 1. The topological polar surface area (TPSA) is 82.3 Å². The number of nitrogens with zero attached hydrogens (tertiary/aromatic N) is 1. The Morgan fingerprint density at radius 2 is 2.35 bits per heavy atom. The molecule has 0 aliphatic heterocycles. The maximum Gasteiger partial charge on any atom is 0.332 e. The fraction of sp³-hybridized carbons (Fsp3) is 0.167. The van der Waals surface area contributed by atoms with Crippen LogP contribution in [0.5, 0.6) is 5.75 Å². The second-order valence-electron chi connectivity index (χ2n) is 3.26. The third-order valence-electron chi connectivity index (χ3n) is 2.15. The predicted molar refractivity (Wildman–Crippen MR) is 63.0 cm³/mol. The van der Waals surface area contributed by atoms with Gasteiger partial charge in [0, 0.05) is 12.1 Å². The Hall–Kier alpha value is -2.48. The standard InChI is InChI=1S/C12H12N2O3/c1-8(12(15)16)7-14-11-9(6-13)4-3-5-10(11)17-2/h3-5,14H,1,7H2,2H3,(H,15,16). The lowest BCUT2D eigenvalue weighted by molar-refractivity contribution is -0.132. The van der Waals surface area contributed by atoms with E-state index in [1.54, 1.807) is 18.2 Å². The van der Waals surface area contributed by atoms with Crippen LogP contribution in [0, 0.1) is 11.3 Å². The van der Waals surface area contributed by atoms with Gasteiger partial charge in [-0.15, -0.1) is 0 Å². The first-order valence-electron chi connectivity index (χ1n) is 4.82. The van der Waals surface area contributed by atoms with E-state index in [4.69, 9.17) is 15.1 Å². The molecule has 0 bridgehead atoms. The van der Waals surface area contributed by atoms with Crippen LogP contribution >= 0.6 is 0 Å². The van der Waals surface area contributed by atoms with Crippen molar-refractivity contribution < 1.29 is 14.6 Å². The molecule has 2 N–H and O–H groups in total. The lowest BCUT2D eigenvalue weighted by atomic mass is 10.1. The molecule has 5 heteroatoms. The molecule has 1 rings (SSSR count). The van der Waals surface area contributed by atoms with Gasteiger partial charge in [0.15, 0.2) is 0 Å². The van der Waals surface area contributed by atoms with Crippen molar-refractivity contribution in [3.05, 3.63) is 35.9 Å². The smallest absolute Gasteiger partial charge is 0.332 e. The lowest BCUT2D eigenvalue weighted by Crippen LogP contribution is -2.12. The number of carbonyl (C=O) groups is 1. The number of para-hydroxylation sites is 1. The van der Waals surface area contributed by atoms with Crippen molar-refractivity contribution in [3.63, 3.8) is 0 Å². The molecule has 0 atom stereocenters. The van der Waals surface area contributed by atoms with E-state index in [1.807, 2.05) is 6.07 Å². The summed E-state index contributed by atoms with van der Waals surface area (Å²) in [5.74, 6) is -0.590. The van der Waals surface area contributed by atoms with Gasteiger partial charge in [-0.1, -0.05) is 12.6 Å². The Morgan fingerprint density at radius 1 is 1.65 bits per heavy atom. The molecule has 0 spiro atoms. The van der Waals surface area contributed by atoms with Gasteiger partial charge in [-0.3, -0.25) is 0 Å². The van der Waals surface area contributed by atoms with Gasteiger partial charge in [0.05, 0.1) is 18.4 Å². The number of rotatable bonds is 5. The maximum atomic E-state index is 10.6. The SMILES string of the molecule is C=C(CNc1c(C#N)cccc1OC)C(=O)O. The Morgan fingerprint density at radius 3 is 2.88 bits per heavy atom. The summed E-state index contributed by atoms with van der Waals surface area (Å²) in [5.41, 5.74) is 0.877. The molecule has 0 unspecified atom stereocenters. The zero-order valence-corrected chi connectivity index (χ0v) is 9.36. The molecule has 17 heavy (non-hydrogen) atoms. The molecule has 1 aromatic carbocycles. The van der Waals surface area contributed by atoms with Gasteiger partial charge in [0.25, 0.3) is 0 Å². The molecular weight excluding hydrogens is 220 g/mol. The minimum absolute atomic E-state index is 0.0137. The number of carboxylic acids is 1. The van der Waals surface area contributed by atoms with E-state index in [0.717, 1.165) is 0 Å². The summed E-state index contributed by atoms with van der Waals surface area (Å²) in [7, 11) is 1.48. The first-order valence-corrected chi connectivity index (χ1v) is 4.82. The van der Waals surface area contributed by atoms with Gasteiger partial charge in [-0.05, 0) is 12.1 Å². The molecule has 0 fully saturated rings. The summed E-state index contributed by atoms with van der Waals surface area (Å²) in [6.45, 7) is 3.44.